The van der Waals surface area contributed by atoms with E-state index < -0.39 is 0 Å². The van der Waals surface area contributed by atoms with Crippen LogP contribution in [0.1, 0.15) is 20.8 Å². The number of fused-ring (bicyclic) bond motifs is 1. The first-order valence-electron chi connectivity index (χ1n) is 6.09. The standard InChI is InChI=1S/C11H16N6O2/c1-4-19-11(18)7-16(8(2)3)10-6-5-9-12-14-15-17(9)13-10/h5-6,8H,4,7H2,1-3H3. The van der Waals surface area contributed by atoms with E-state index in [4.69, 9.17) is 4.74 Å². The van der Waals surface area contributed by atoms with E-state index in [2.05, 4.69) is 20.6 Å². The molecule has 2 rings (SSSR count). The van der Waals surface area contributed by atoms with Crippen molar-refractivity contribution in [1.29, 1.82) is 0 Å². The zero-order valence-electron chi connectivity index (χ0n) is 11.1. The van der Waals surface area contributed by atoms with Crippen molar-refractivity contribution in [2.75, 3.05) is 18.1 Å². The van der Waals surface area contributed by atoms with Crippen LogP contribution < -0.4 is 4.90 Å². The van der Waals surface area contributed by atoms with E-state index >= 15 is 0 Å². The second kappa shape index (κ2) is 5.59. The fraction of sp³-hybridized carbons (Fsp3) is 0.545. The number of esters is 1. The van der Waals surface area contributed by atoms with Gasteiger partial charge in [-0.15, -0.1) is 14.8 Å². The van der Waals surface area contributed by atoms with Crippen molar-refractivity contribution in [3.05, 3.63) is 12.1 Å². The summed E-state index contributed by atoms with van der Waals surface area (Å²) in [5, 5.41) is 15.3. The number of hydrogen-bond acceptors (Lipinski definition) is 7. The summed E-state index contributed by atoms with van der Waals surface area (Å²) in [6, 6.07) is 3.64. The molecule has 0 radical (unpaired) electrons. The highest BCUT2D eigenvalue weighted by molar-refractivity contribution is 5.75. The average molecular weight is 264 g/mol. The maximum Gasteiger partial charge on any atom is 0.325 e. The van der Waals surface area contributed by atoms with Gasteiger partial charge in [0.15, 0.2) is 11.5 Å². The fourth-order valence-corrected chi connectivity index (χ4v) is 1.67. The summed E-state index contributed by atoms with van der Waals surface area (Å²) < 4.78 is 6.29. The molecule has 0 saturated heterocycles. The zero-order chi connectivity index (χ0) is 13.8. The molecule has 0 aliphatic rings. The number of anilines is 1. The lowest BCUT2D eigenvalue weighted by Crippen LogP contribution is -2.37. The van der Waals surface area contributed by atoms with Crippen LogP contribution >= 0.6 is 0 Å². The Balaban J connectivity index is 2.24. The molecule has 2 aromatic rings. The number of nitrogens with zero attached hydrogens (tertiary/aromatic N) is 6. The van der Waals surface area contributed by atoms with E-state index in [9.17, 15) is 4.79 Å². The van der Waals surface area contributed by atoms with E-state index in [0.717, 1.165) is 0 Å². The van der Waals surface area contributed by atoms with E-state index in [0.29, 0.717) is 18.1 Å². The molecule has 0 bridgehead atoms. The first kappa shape index (κ1) is 13.2. The molecule has 0 atom stereocenters. The van der Waals surface area contributed by atoms with Gasteiger partial charge in [-0.3, -0.25) is 4.79 Å². The molecular formula is C11H16N6O2. The molecule has 0 amide bonds. The molecular weight excluding hydrogens is 248 g/mol. The Bertz CT molecular complexity index is 567. The summed E-state index contributed by atoms with van der Waals surface area (Å²) >= 11 is 0. The minimum absolute atomic E-state index is 0.103. The molecule has 102 valence electrons. The van der Waals surface area contributed by atoms with Crippen LogP contribution in [-0.2, 0) is 9.53 Å². The number of rotatable bonds is 5. The molecule has 8 heteroatoms. The summed E-state index contributed by atoms with van der Waals surface area (Å²) in [5.74, 6) is 0.345. The predicted octanol–water partition coefficient (Wildman–Crippen LogP) is 0.297. The minimum atomic E-state index is -0.283. The predicted molar refractivity (Wildman–Crippen MR) is 67.7 cm³/mol. The van der Waals surface area contributed by atoms with Crippen molar-refractivity contribution in [2.45, 2.75) is 26.8 Å². The quantitative estimate of drug-likeness (QED) is 0.718. The summed E-state index contributed by atoms with van der Waals surface area (Å²) in [4.78, 5) is 13.4. The van der Waals surface area contributed by atoms with E-state index in [-0.39, 0.29) is 18.6 Å². The van der Waals surface area contributed by atoms with Crippen molar-refractivity contribution in [1.82, 2.24) is 25.3 Å². The van der Waals surface area contributed by atoms with Gasteiger partial charge in [-0.2, -0.15) is 0 Å². The molecule has 0 aliphatic heterocycles. The van der Waals surface area contributed by atoms with Crippen molar-refractivity contribution in [3.8, 4) is 0 Å². The molecule has 19 heavy (non-hydrogen) atoms. The Labute approximate surface area is 110 Å². The van der Waals surface area contributed by atoms with Crippen molar-refractivity contribution >= 4 is 17.4 Å². The molecule has 0 fully saturated rings. The van der Waals surface area contributed by atoms with E-state index in [1.807, 2.05) is 18.7 Å². The molecule has 0 saturated carbocycles. The van der Waals surface area contributed by atoms with Gasteiger partial charge in [-0.05, 0) is 43.3 Å². The second-order valence-corrected chi connectivity index (χ2v) is 4.24. The summed E-state index contributed by atoms with van der Waals surface area (Å²) in [5.41, 5.74) is 0.559. The number of carbonyl (C=O) groups excluding carboxylic acids is 1. The maximum atomic E-state index is 11.6. The van der Waals surface area contributed by atoms with Crippen LogP contribution in [0.25, 0.3) is 5.65 Å². The fourth-order valence-electron chi connectivity index (χ4n) is 1.67. The smallest absolute Gasteiger partial charge is 0.325 e. The van der Waals surface area contributed by atoms with Gasteiger partial charge in [0.1, 0.15) is 6.54 Å². The third kappa shape index (κ3) is 2.95. The molecule has 0 unspecified atom stereocenters. The first-order chi connectivity index (χ1) is 9.11. The lowest BCUT2D eigenvalue weighted by molar-refractivity contribution is -0.141. The topological polar surface area (TPSA) is 85.5 Å². The molecule has 0 aromatic carbocycles. The molecule has 2 aromatic heterocycles. The van der Waals surface area contributed by atoms with Crippen LogP contribution in [0.15, 0.2) is 12.1 Å². The summed E-state index contributed by atoms with van der Waals surface area (Å²) in [6.45, 7) is 6.24. The van der Waals surface area contributed by atoms with Gasteiger partial charge in [-0.25, -0.2) is 0 Å². The van der Waals surface area contributed by atoms with Gasteiger partial charge in [0, 0.05) is 6.04 Å². The number of tetrazole rings is 1. The number of aromatic nitrogens is 5. The monoisotopic (exact) mass is 264 g/mol. The van der Waals surface area contributed by atoms with Gasteiger partial charge < -0.3 is 9.64 Å². The highest BCUT2D eigenvalue weighted by Gasteiger charge is 2.17. The summed E-state index contributed by atoms with van der Waals surface area (Å²) in [7, 11) is 0. The molecule has 0 aliphatic carbocycles. The van der Waals surface area contributed by atoms with Crippen LogP contribution in [0.4, 0.5) is 5.82 Å². The van der Waals surface area contributed by atoms with Crippen LogP contribution in [0, 0.1) is 0 Å². The van der Waals surface area contributed by atoms with Crippen LogP contribution in [-0.4, -0.2) is 50.4 Å². The van der Waals surface area contributed by atoms with Gasteiger partial charge >= 0.3 is 5.97 Å². The molecule has 8 nitrogen and oxygen atoms in total. The Kier molecular flexibility index (Phi) is 3.88. The SMILES string of the molecule is CCOC(=O)CN(c1ccc2nnnn2n1)C(C)C. The lowest BCUT2D eigenvalue weighted by Gasteiger charge is -2.26. The molecule has 2 heterocycles. The van der Waals surface area contributed by atoms with Gasteiger partial charge in [0.2, 0.25) is 0 Å². The molecule has 0 N–H and O–H groups in total. The Morgan fingerprint density at radius 2 is 2.26 bits per heavy atom. The third-order valence-corrected chi connectivity index (χ3v) is 2.58. The van der Waals surface area contributed by atoms with Gasteiger partial charge in [-0.1, -0.05) is 0 Å². The van der Waals surface area contributed by atoms with Crippen LogP contribution in [0.3, 0.4) is 0 Å². The number of carbonyl (C=O) groups is 1. The Morgan fingerprint density at radius 1 is 1.47 bits per heavy atom. The summed E-state index contributed by atoms with van der Waals surface area (Å²) in [6.07, 6.45) is 0. The van der Waals surface area contributed by atoms with Crippen LogP contribution in [0.2, 0.25) is 0 Å². The van der Waals surface area contributed by atoms with E-state index in [1.165, 1.54) is 4.63 Å². The van der Waals surface area contributed by atoms with Crippen LogP contribution in [0.5, 0.6) is 0 Å². The van der Waals surface area contributed by atoms with Crippen molar-refractivity contribution in [2.24, 2.45) is 0 Å². The average Bonchev–Trinajstić information content (AvgIpc) is 2.83. The third-order valence-electron chi connectivity index (χ3n) is 2.58. The maximum absolute atomic E-state index is 11.6. The normalized spacial score (nSPS) is 10.9. The van der Waals surface area contributed by atoms with Crippen molar-refractivity contribution in [3.63, 3.8) is 0 Å². The molecule has 0 spiro atoms. The number of hydrogen-bond donors (Lipinski definition) is 0. The largest absolute Gasteiger partial charge is 0.465 e. The van der Waals surface area contributed by atoms with Gasteiger partial charge in [0.05, 0.1) is 6.61 Å². The lowest BCUT2D eigenvalue weighted by atomic mass is 10.3. The highest BCUT2D eigenvalue weighted by atomic mass is 16.5. The second-order valence-electron chi connectivity index (χ2n) is 4.24. The van der Waals surface area contributed by atoms with Crippen molar-refractivity contribution < 1.29 is 9.53 Å². The highest BCUT2D eigenvalue weighted by Crippen LogP contribution is 2.13. The van der Waals surface area contributed by atoms with E-state index in [1.54, 1.807) is 19.1 Å². The Hall–Kier alpha value is -2.25. The first-order valence-corrected chi connectivity index (χ1v) is 6.09. The number of ether oxygens (including phenoxy) is 1. The Morgan fingerprint density at radius 3 is 2.95 bits per heavy atom. The minimum Gasteiger partial charge on any atom is -0.465 e. The zero-order valence-corrected chi connectivity index (χ0v) is 11.1. The van der Waals surface area contributed by atoms with Gasteiger partial charge in [0.25, 0.3) is 0 Å².